The fourth-order valence-electron chi connectivity index (χ4n) is 2.30. The number of fused-ring (bicyclic) bond motifs is 1. The first-order valence-electron chi connectivity index (χ1n) is 6.98. The maximum atomic E-state index is 12.4. The summed E-state index contributed by atoms with van der Waals surface area (Å²) < 4.78 is 10.3. The van der Waals surface area contributed by atoms with Crippen molar-refractivity contribution < 1.29 is 19.1 Å². The molecule has 0 atom stereocenters. The van der Waals surface area contributed by atoms with E-state index in [0.717, 1.165) is 16.0 Å². The summed E-state index contributed by atoms with van der Waals surface area (Å²) in [5.41, 5.74) is 1.54. The summed E-state index contributed by atoms with van der Waals surface area (Å²) in [7, 11) is 1.50. The highest BCUT2D eigenvalue weighted by Gasteiger charge is 2.25. The van der Waals surface area contributed by atoms with Crippen LogP contribution in [0.1, 0.15) is 22.8 Å². The minimum Gasteiger partial charge on any atom is -0.493 e. The molecule has 0 bridgehead atoms. The number of esters is 1. The lowest BCUT2D eigenvalue weighted by atomic mass is 10.1. The number of carbonyl (C=O) groups excluding carboxylic acids is 2. The number of thioether (sulfide) groups is 1. The number of ketones is 1. The Morgan fingerprint density at radius 3 is 2.61 bits per heavy atom. The van der Waals surface area contributed by atoms with Crippen molar-refractivity contribution in [2.75, 3.05) is 7.11 Å². The third-order valence-corrected chi connectivity index (χ3v) is 4.41. The van der Waals surface area contributed by atoms with Gasteiger partial charge in [-0.3, -0.25) is 9.59 Å². The fourth-order valence-corrected chi connectivity index (χ4v) is 3.35. The Kier molecular flexibility index (Phi) is 4.21. The van der Waals surface area contributed by atoms with Gasteiger partial charge in [-0.05, 0) is 35.9 Å². The minimum atomic E-state index is -0.411. The summed E-state index contributed by atoms with van der Waals surface area (Å²) in [4.78, 5) is 25.1. The third kappa shape index (κ3) is 3.14. The van der Waals surface area contributed by atoms with E-state index in [1.807, 2.05) is 30.3 Å². The van der Waals surface area contributed by atoms with E-state index in [1.54, 1.807) is 18.2 Å². The highest BCUT2D eigenvalue weighted by molar-refractivity contribution is 8.04. The molecule has 3 rings (SSSR count). The summed E-state index contributed by atoms with van der Waals surface area (Å²) in [6.45, 7) is 1.33. The van der Waals surface area contributed by atoms with Crippen LogP contribution >= 0.6 is 11.8 Å². The standard InChI is InChI=1S/C18H14O4S/c1-11(19)22-14-8-7-12(9-15(14)21-2)10-17-18(20)13-5-3-4-6-16(13)23-17/h3-10H,1-2H3/b17-10-. The van der Waals surface area contributed by atoms with Gasteiger partial charge >= 0.3 is 5.97 Å². The molecule has 23 heavy (non-hydrogen) atoms. The molecule has 0 spiro atoms. The molecule has 2 aromatic carbocycles. The number of benzene rings is 2. The van der Waals surface area contributed by atoms with Gasteiger partial charge in [-0.25, -0.2) is 0 Å². The van der Waals surface area contributed by atoms with Gasteiger partial charge in [0.1, 0.15) is 0 Å². The molecule has 0 amide bonds. The van der Waals surface area contributed by atoms with Crippen molar-refractivity contribution in [2.24, 2.45) is 0 Å². The van der Waals surface area contributed by atoms with Gasteiger partial charge in [-0.1, -0.05) is 30.0 Å². The average molecular weight is 326 g/mol. The average Bonchev–Trinajstić information content (AvgIpc) is 2.85. The van der Waals surface area contributed by atoms with Crippen molar-refractivity contribution in [3.63, 3.8) is 0 Å². The summed E-state index contributed by atoms with van der Waals surface area (Å²) in [5, 5.41) is 0. The molecule has 1 aliphatic heterocycles. The predicted octanol–water partition coefficient (Wildman–Crippen LogP) is 3.95. The van der Waals surface area contributed by atoms with Gasteiger partial charge < -0.3 is 9.47 Å². The van der Waals surface area contributed by atoms with Crippen LogP contribution in [0.25, 0.3) is 6.08 Å². The molecular formula is C18H14O4S. The van der Waals surface area contributed by atoms with Crippen molar-refractivity contribution in [3.8, 4) is 11.5 Å². The zero-order valence-electron chi connectivity index (χ0n) is 12.7. The van der Waals surface area contributed by atoms with Crippen LogP contribution in [0.15, 0.2) is 52.3 Å². The maximum absolute atomic E-state index is 12.4. The van der Waals surface area contributed by atoms with Crippen molar-refractivity contribution in [1.29, 1.82) is 0 Å². The number of allylic oxidation sites excluding steroid dienone is 1. The van der Waals surface area contributed by atoms with Crippen LogP contribution in [0.4, 0.5) is 0 Å². The molecule has 0 saturated carbocycles. The van der Waals surface area contributed by atoms with E-state index in [1.165, 1.54) is 25.8 Å². The zero-order valence-corrected chi connectivity index (χ0v) is 13.5. The molecule has 0 unspecified atom stereocenters. The number of hydrogen-bond acceptors (Lipinski definition) is 5. The van der Waals surface area contributed by atoms with Crippen LogP contribution in [0.3, 0.4) is 0 Å². The molecule has 0 N–H and O–H groups in total. The summed E-state index contributed by atoms with van der Waals surface area (Å²) >= 11 is 1.45. The zero-order chi connectivity index (χ0) is 16.4. The highest BCUT2D eigenvalue weighted by Crippen LogP contribution is 2.41. The monoisotopic (exact) mass is 326 g/mol. The number of ether oxygens (including phenoxy) is 2. The van der Waals surface area contributed by atoms with E-state index >= 15 is 0 Å². The lowest BCUT2D eigenvalue weighted by Crippen LogP contribution is -2.03. The Labute approximate surface area is 138 Å². The summed E-state index contributed by atoms with van der Waals surface area (Å²) in [6.07, 6.45) is 1.81. The normalized spacial score (nSPS) is 14.7. The first-order chi connectivity index (χ1) is 11.1. The molecule has 0 aliphatic carbocycles. The smallest absolute Gasteiger partial charge is 0.308 e. The van der Waals surface area contributed by atoms with Gasteiger partial charge in [0.2, 0.25) is 5.78 Å². The van der Waals surface area contributed by atoms with Crippen LogP contribution in [0, 0.1) is 0 Å². The number of methoxy groups -OCH3 is 1. The molecule has 0 aromatic heterocycles. The number of carbonyl (C=O) groups is 2. The largest absolute Gasteiger partial charge is 0.493 e. The van der Waals surface area contributed by atoms with E-state index < -0.39 is 5.97 Å². The molecule has 1 aliphatic rings. The molecule has 0 fully saturated rings. The lowest BCUT2D eigenvalue weighted by molar-refractivity contribution is -0.132. The molecule has 4 nitrogen and oxygen atoms in total. The van der Waals surface area contributed by atoms with Gasteiger partial charge in [0.05, 0.1) is 12.0 Å². The van der Waals surface area contributed by atoms with E-state index in [-0.39, 0.29) is 5.78 Å². The Morgan fingerprint density at radius 2 is 1.91 bits per heavy atom. The quantitative estimate of drug-likeness (QED) is 0.486. The van der Waals surface area contributed by atoms with E-state index in [0.29, 0.717) is 16.4 Å². The summed E-state index contributed by atoms with van der Waals surface area (Å²) in [6, 6.07) is 12.7. The topological polar surface area (TPSA) is 52.6 Å². The van der Waals surface area contributed by atoms with Gasteiger partial charge in [-0.15, -0.1) is 0 Å². The minimum absolute atomic E-state index is 0.0219. The van der Waals surface area contributed by atoms with Crippen LogP contribution in [0.5, 0.6) is 11.5 Å². The molecule has 5 heteroatoms. The van der Waals surface area contributed by atoms with Crippen LogP contribution in [0.2, 0.25) is 0 Å². The lowest BCUT2D eigenvalue weighted by Gasteiger charge is -2.08. The van der Waals surface area contributed by atoms with E-state index in [2.05, 4.69) is 0 Å². The Bertz CT molecular complexity index is 824. The van der Waals surface area contributed by atoms with Gasteiger partial charge in [-0.2, -0.15) is 0 Å². The first-order valence-corrected chi connectivity index (χ1v) is 7.80. The maximum Gasteiger partial charge on any atom is 0.308 e. The Morgan fingerprint density at radius 1 is 1.13 bits per heavy atom. The van der Waals surface area contributed by atoms with E-state index in [4.69, 9.17) is 9.47 Å². The number of hydrogen-bond donors (Lipinski definition) is 0. The highest BCUT2D eigenvalue weighted by atomic mass is 32.2. The SMILES string of the molecule is COc1cc(/C=C2\Sc3ccccc3C2=O)ccc1OC(C)=O. The second kappa shape index (κ2) is 6.30. The van der Waals surface area contributed by atoms with Crippen LogP contribution < -0.4 is 9.47 Å². The van der Waals surface area contributed by atoms with Crippen molar-refractivity contribution in [1.82, 2.24) is 0 Å². The fraction of sp³-hybridized carbons (Fsp3) is 0.111. The van der Waals surface area contributed by atoms with Crippen LogP contribution in [-0.4, -0.2) is 18.9 Å². The molecular weight excluding hydrogens is 312 g/mol. The van der Waals surface area contributed by atoms with Gasteiger partial charge in [0.15, 0.2) is 11.5 Å². The number of rotatable bonds is 3. The van der Waals surface area contributed by atoms with E-state index in [9.17, 15) is 9.59 Å². The summed E-state index contributed by atoms with van der Waals surface area (Å²) in [5.74, 6) is 0.415. The molecule has 116 valence electrons. The molecule has 1 heterocycles. The molecule has 0 saturated heterocycles. The van der Waals surface area contributed by atoms with Crippen LogP contribution in [-0.2, 0) is 4.79 Å². The third-order valence-electron chi connectivity index (χ3n) is 3.31. The van der Waals surface area contributed by atoms with Crippen molar-refractivity contribution in [2.45, 2.75) is 11.8 Å². The number of Topliss-reactive ketones (excluding diaryl/α,β-unsaturated/α-hetero) is 1. The van der Waals surface area contributed by atoms with Gasteiger partial charge in [0, 0.05) is 17.4 Å². The first kappa shape index (κ1) is 15.4. The second-order valence-corrected chi connectivity index (χ2v) is 6.02. The molecule has 2 aromatic rings. The Balaban J connectivity index is 1.92. The Hall–Kier alpha value is -2.53. The van der Waals surface area contributed by atoms with Gasteiger partial charge in [0.25, 0.3) is 0 Å². The predicted molar refractivity (Wildman–Crippen MR) is 88.9 cm³/mol. The van der Waals surface area contributed by atoms with Crippen molar-refractivity contribution >= 4 is 29.6 Å². The molecule has 0 radical (unpaired) electrons. The second-order valence-electron chi connectivity index (χ2n) is 4.94. The van der Waals surface area contributed by atoms with Crippen molar-refractivity contribution in [3.05, 3.63) is 58.5 Å².